The lowest BCUT2D eigenvalue weighted by molar-refractivity contribution is -0.144. The number of nitrogens with zero attached hydrogens (tertiary/aromatic N) is 5. The van der Waals surface area contributed by atoms with Crippen LogP contribution in [0.25, 0.3) is 0 Å². The van der Waals surface area contributed by atoms with Crippen molar-refractivity contribution in [2.45, 2.75) is 198 Å². The lowest BCUT2D eigenvalue weighted by Crippen LogP contribution is -2.62. The number of primary amides is 1. The number of carboxylic acids is 1. The summed E-state index contributed by atoms with van der Waals surface area (Å²) in [4.78, 5) is 195. The number of carbonyl (C=O) groups is 13. The topological polar surface area (TPSA) is 607 Å². The molecule has 1 aromatic rings. The molecule has 13 atom stereocenters. The molecule has 0 spiro atoms. The number of aromatic amines is 1. The second kappa shape index (κ2) is 40.9. The van der Waals surface area contributed by atoms with Crippen molar-refractivity contribution in [3.05, 3.63) is 18.2 Å². The van der Waals surface area contributed by atoms with Gasteiger partial charge in [-0.15, -0.1) is 0 Å². The molecule has 0 bridgehead atoms. The molecule has 0 radical (unpaired) electrons. The van der Waals surface area contributed by atoms with Gasteiger partial charge in [0.25, 0.3) is 0 Å². The molecule has 0 aliphatic carbocycles. The van der Waals surface area contributed by atoms with E-state index in [0.29, 0.717) is 25.0 Å². The fourth-order valence-corrected chi connectivity index (χ4v) is 10.7. The fourth-order valence-electron chi connectivity index (χ4n) is 10.7. The molecule has 12 amide bonds. The Balaban J connectivity index is 1.85. The average Bonchev–Trinajstić information content (AvgIpc) is 1.59. The van der Waals surface area contributed by atoms with Crippen LogP contribution in [0, 0.1) is 17.8 Å². The first kappa shape index (κ1) is 81.0. The van der Waals surface area contributed by atoms with Crippen molar-refractivity contribution in [1.29, 1.82) is 0 Å². The van der Waals surface area contributed by atoms with Gasteiger partial charge in [0.15, 0.2) is 11.9 Å². The van der Waals surface area contributed by atoms with Crippen LogP contribution in [0.3, 0.4) is 0 Å². The highest BCUT2D eigenvalue weighted by Crippen LogP contribution is 2.24. The van der Waals surface area contributed by atoms with Crippen LogP contribution >= 0.6 is 0 Å². The number of amides is 12. The number of aliphatic hydroxyl groups is 2. The summed E-state index contributed by atoms with van der Waals surface area (Å²) in [5.74, 6) is -13.3. The minimum absolute atomic E-state index is 0.00162. The Hall–Kier alpha value is -9.26. The SMILES string of the molecule is CC[C@H](C)[C@H](NC(=O)[C@H](CC(C)C)NC(=O)[C@H](CO)NC(=O)[C@@H]1CCCN1C(=O)[C@H](Cc1cnc[nH]1)NC(=O)[C@H](CCCN=C(N)N)NC(=O)[C@H](CO)NC(=O)CN)C(=O)N[C@H](C(=O)N1CCC[C@H]1C(=O)N[C@@H](CCCN=C(N)N)C(=O)N[C@@H](CCC(N)=O)C(=O)O)[C@@H](C)CC. The zero-order chi connectivity index (χ0) is 71.9. The predicted molar refractivity (Wildman–Crippen MR) is 347 cm³/mol. The summed E-state index contributed by atoms with van der Waals surface area (Å²) < 4.78 is 0. The number of guanidine groups is 2. The van der Waals surface area contributed by atoms with Crippen LogP contribution in [-0.4, -0.2) is 236 Å². The summed E-state index contributed by atoms with van der Waals surface area (Å²) in [6, 6.07) is -15.3. The minimum atomic E-state index is -1.70. The third kappa shape index (κ3) is 26.2. The maximum absolute atomic E-state index is 14.7. The maximum atomic E-state index is 14.7. The van der Waals surface area contributed by atoms with E-state index < -0.39 is 175 Å². The molecule has 2 fully saturated rings. The van der Waals surface area contributed by atoms with Crippen LogP contribution in [0.1, 0.15) is 131 Å². The lowest BCUT2D eigenvalue weighted by atomic mass is 9.93. The summed E-state index contributed by atoms with van der Waals surface area (Å²) in [7, 11) is 0. The van der Waals surface area contributed by atoms with E-state index in [2.05, 4.69) is 67.8 Å². The fraction of sp³-hybridized carbons (Fsp3) is 0.695. The number of carboxylic acid groups (broad SMARTS) is 1. The summed E-state index contributed by atoms with van der Waals surface area (Å²) in [6.45, 7) is 8.24. The van der Waals surface area contributed by atoms with Crippen LogP contribution in [0.5, 0.6) is 0 Å². The zero-order valence-corrected chi connectivity index (χ0v) is 55.4. The highest BCUT2D eigenvalue weighted by molar-refractivity contribution is 6.00. The number of hydrogen-bond acceptors (Lipinski definition) is 19. The van der Waals surface area contributed by atoms with E-state index in [1.165, 1.54) is 22.3 Å². The quantitative estimate of drug-likeness (QED) is 0.0164. The van der Waals surface area contributed by atoms with Crippen molar-refractivity contribution in [1.82, 2.24) is 67.6 Å². The third-order valence-corrected chi connectivity index (χ3v) is 16.5. The molecule has 2 saturated heterocycles. The molecule has 0 saturated carbocycles. The molecule has 96 heavy (non-hydrogen) atoms. The molecular weight excluding hydrogens is 1260 g/mol. The average molecular weight is 1360 g/mol. The van der Waals surface area contributed by atoms with Gasteiger partial charge < -0.3 is 112 Å². The van der Waals surface area contributed by atoms with Gasteiger partial charge in [0.2, 0.25) is 70.9 Å². The van der Waals surface area contributed by atoms with Crippen molar-refractivity contribution >= 4 is 88.8 Å². The van der Waals surface area contributed by atoms with Crippen molar-refractivity contribution < 1.29 is 77.6 Å². The third-order valence-electron chi connectivity index (χ3n) is 16.5. The number of nitrogens with two attached hydrogens (primary N) is 6. The minimum Gasteiger partial charge on any atom is -0.480 e. The Labute approximate surface area is 556 Å². The van der Waals surface area contributed by atoms with E-state index in [1.807, 2.05) is 0 Å². The van der Waals surface area contributed by atoms with Crippen LogP contribution < -0.4 is 82.3 Å². The number of aliphatic imine (C=N–C) groups is 2. The predicted octanol–water partition coefficient (Wildman–Crippen LogP) is -7.16. The number of aliphatic hydroxyl groups excluding tert-OH is 2. The Bertz CT molecular complexity index is 2870. The summed E-state index contributed by atoms with van der Waals surface area (Å²) >= 11 is 0. The highest BCUT2D eigenvalue weighted by atomic mass is 16.4. The monoisotopic (exact) mass is 1360 g/mol. The standard InChI is InChI=1S/C59H101N21O16/c1-7-31(5)45(54(92)78-46(32(6)8-2)56(94)80-22-12-16-42(80)52(90)72-35(14-10-20-68-59(64)65)47(85)73-36(57(95)96)17-18-43(61)83)77-49(87)37(23-30(3)4)74-51(89)40(28-82)76-53(91)41-15-11-21-79(41)55(93)38(24-33-26-66-29-69-33)75-48(86)34(13-9-19-67-58(62)63)71-50(88)39(27-81)70-44(84)25-60/h26,29-32,34-42,45-46,81-82H,7-25,27-28,60H2,1-6H3,(H2,61,83)(H,66,69)(H,70,84)(H,71,88)(H,72,90)(H,73,85)(H,74,89)(H,75,86)(H,76,91)(H,77,87)(H,78,92)(H,95,96)(H4,62,63,67)(H4,64,65,68)/t31-,32-,34-,35-,36-,37-,38-,39-,40-,41-,42-,45-,46-/m0/s1. The van der Waals surface area contributed by atoms with Crippen molar-refractivity contribution in [2.24, 2.45) is 62.1 Å². The van der Waals surface area contributed by atoms with E-state index in [9.17, 15) is 77.6 Å². The number of hydrogen-bond donors (Lipinski definition) is 19. The Morgan fingerprint density at radius 2 is 1.02 bits per heavy atom. The van der Waals surface area contributed by atoms with Crippen LogP contribution in [0.4, 0.5) is 0 Å². The summed E-state index contributed by atoms with van der Waals surface area (Å²) in [5, 5.41) is 53.3. The first-order chi connectivity index (χ1) is 45.4. The molecule has 3 heterocycles. The number of rotatable bonds is 42. The van der Waals surface area contributed by atoms with Gasteiger partial charge in [-0.1, -0.05) is 54.4 Å². The Morgan fingerprint density at radius 3 is 1.49 bits per heavy atom. The number of aliphatic carboxylic acids is 1. The van der Waals surface area contributed by atoms with E-state index in [-0.39, 0.29) is 115 Å². The molecule has 1 aromatic heterocycles. The van der Waals surface area contributed by atoms with Gasteiger partial charge in [-0.05, 0) is 82.0 Å². The zero-order valence-electron chi connectivity index (χ0n) is 55.4. The van der Waals surface area contributed by atoms with Crippen molar-refractivity contribution in [3.63, 3.8) is 0 Å². The van der Waals surface area contributed by atoms with Crippen molar-refractivity contribution in [2.75, 3.05) is 45.9 Å². The van der Waals surface area contributed by atoms with Gasteiger partial charge in [-0.3, -0.25) is 67.5 Å². The molecule has 2 aliphatic heterocycles. The number of H-pyrrole nitrogens is 1. The molecule has 25 N–H and O–H groups in total. The Morgan fingerprint density at radius 1 is 0.573 bits per heavy atom. The van der Waals surface area contributed by atoms with Gasteiger partial charge in [0.05, 0.1) is 26.1 Å². The van der Waals surface area contributed by atoms with Gasteiger partial charge in [-0.2, -0.15) is 0 Å². The number of likely N-dealkylation sites (tertiary alicyclic amines) is 2. The van der Waals surface area contributed by atoms with E-state index >= 15 is 0 Å². The summed E-state index contributed by atoms with van der Waals surface area (Å²) in [5.41, 5.74) is 32.8. The molecule has 0 aromatic carbocycles. The largest absolute Gasteiger partial charge is 0.480 e. The Kier molecular flexibility index (Phi) is 34.5. The van der Waals surface area contributed by atoms with Gasteiger partial charge >= 0.3 is 5.97 Å². The smallest absolute Gasteiger partial charge is 0.326 e. The number of aromatic nitrogens is 2. The molecule has 37 nitrogen and oxygen atoms in total. The van der Waals surface area contributed by atoms with E-state index in [0.717, 1.165) is 0 Å². The van der Waals surface area contributed by atoms with Crippen molar-refractivity contribution in [3.8, 4) is 0 Å². The lowest BCUT2D eigenvalue weighted by Gasteiger charge is -2.34. The van der Waals surface area contributed by atoms with Gasteiger partial charge in [0.1, 0.15) is 66.5 Å². The molecule has 538 valence electrons. The first-order valence-corrected chi connectivity index (χ1v) is 32.3. The van der Waals surface area contributed by atoms with Gasteiger partial charge in [0, 0.05) is 50.9 Å². The number of nitrogens with one attached hydrogen (secondary N) is 10. The van der Waals surface area contributed by atoms with Crippen LogP contribution in [0.2, 0.25) is 0 Å². The molecule has 0 unspecified atom stereocenters. The van der Waals surface area contributed by atoms with E-state index in [1.54, 1.807) is 41.5 Å². The number of carbonyl (C=O) groups excluding carboxylic acids is 12. The van der Waals surface area contributed by atoms with Crippen LogP contribution in [0.15, 0.2) is 22.5 Å². The number of imidazole rings is 1. The summed E-state index contributed by atoms with van der Waals surface area (Å²) in [6.07, 6.45) is 3.44. The molecule has 37 heteroatoms. The molecular formula is C59H101N21O16. The van der Waals surface area contributed by atoms with Crippen LogP contribution in [-0.2, 0) is 68.7 Å². The second-order valence-electron chi connectivity index (χ2n) is 24.3. The molecule has 3 rings (SSSR count). The first-order valence-electron chi connectivity index (χ1n) is 32.3. The van der Waals surface area contributed by atoms with Gasteiger partial charge in [-0.25, -0.2) is 9.78 Å². The normalized spacial score (nSPS) is 17.8. The highest BCUT2D eigenvalue weighted by Gasteiger charge is 2.44. The van der Waals surface area contributed by atoms with E-state index in [4.69, 9.17) is 34.4 Å². The molecule has 2 aliphatic rings. The maximum Gasteiger partial charge on any atom is 0.326 e. The second-order valence-corrected chi connectivity index (χ2v) is 24.3.